The second kappa shape index (κ2) is 5.61. The van der Waals surface area contributed by atoms with E-state index >= 15 is 0 Å². The van der Waals surface area contributed by atoms with Crippen LogP contribution in [0.5, 0.6) is 5.75 Å². The smallest absolute Gasteiger partial charge is 0.364 e. The molecule has 20 heavy (non-hydrogen) atoms. The maximum absolute atomic E-state index is 11.4. The number of hydrogen-bond donors (Lipinski definition) is 2. The molecule has 7 nitrogen and oxygen atoms in total. The molecule has 0 amide bonds. The van der Waals surface area contributed by atoms with Gasteiger partial charge in [-0.15, -0.1) is 0 Å². The van der Waals surface area contributed by atoms with E-state index in [4.69, 9.17) is 8.97 Å². The van der Waals surface area contributed by atoms with Crippen molar-refractivity contribution in [3.05, 3.63) is 40.2 Å². The third-order valence-corrected chi connectivity index (χ3v) is 2.88. The van der Waals surface area contributed by atoms with Crippen molar-refractivity contribution in [1.29, 1.82) is 0 Å². The Hall–Kier alpha value is -1.90. The van der Waals surface area contributed by atoms with E-state index < -0.39 is 15.9 Å². The van der Waals surface area contributed by atoms with Gasteiger partial charge in [-0.25, -0.2) is 4.79 Å². The van der Waals surface area contributed by atoms with Crippen molar-refractivity contribution in [2.75, 3.05) is 0 Å². The van der Waals surface area contributed by atoms with Gasteiger partial charge >= 0.3 is 15.9 Å². The van der Waals surface area contributed by atoms with Crippen molar-refractivity contribution in [1.82, 2.24) is 4.89 Å². The fourth-order valence-corrected chi connectivity index (χ4v) is 2.05. The normalized spacial score (nSPS) is 11.7. The molecule has 0 radical (unpaired) electrons. The second-order valence-corrected chi connectivity index (χ2v) is 5.28. The highest BCUT2D eigenvalue weighted by molar-refractivity contribution is 7.83. The third-order valence-electron chi connectivity index (χ3n) is 2.59. The Morgan fingerprint density at radius 1 is 1.35 bits per heavy atom. The summed E-state index contributed by atoms with van der Waals surface area (Å²) in [6.45, 7) is 1.99. The predicted molar refractivity (Wildman–Crippen MR) is 71.8 cm³/mol. The van der Waals surface area contributed by atoms with E-state index in [1.807, 2.05) is 6.92 Å². The second-order valence-electron chi connectivity index (χ2n) is 4.16. The average molecular weight is 299 g/mol. The number of aryl methyl sites for hydroxylation is 1. The number of benzene rings is 1. The summed E-state index contributed by atoms with van der Waals surface area (Å²) in [5.41, 5.74) is 0.657. The summed E-state index contributed by atoms with van der Waals surface area (Å²) in [4.78, 5) is 17.6. The lowest BCUT2D eigenvalue weighted by atomic mass is 10.1. The van der Waals surface area contributed by atoms with Crippen molar-refractivity contribution in [3.63, 3.8) is 0 Å². The van der Waals surface area contributed by atoms with Crippen LogP contribution in [0.2, 0.25) is 0 Å². The maximum atomic E-state index is 11.4. The Balaban J connectivity index is 2.41. The first-order valence-corrected chi connectivity index (χ1v) is 7.31. The Bertz CT molecular complexity index is 780. The van der Waals surface area contributed by atoms with Gasteiger partial charge in [-0.2, -0.15) is 8.42 Å². The summed E-state index contributed by atoms with van der Waals surface area (Å²) in [5.74, 6) is 0.0897. The average Bonchev–Trinajstić information content (AvgIpc) is 2.35. The molecule has 0 spiro atoms. The molecule has 1 aromatic carbocycles. The summed E-state index contributed by atoms with van der Waals surface area (Å²) < 4.78 is 34.6. The molecule has 0 atom stereocenters. The molecule has 2 rings (SSSR count). The number of fused-ring (bicyclic) bond motifs is 1. The maximum Gasteiger partial charge on any atom is 0.364 e. The van der Waals surface area contributed by atoms with Crippen molar-refractivity contribution < 1.29 is 22.2 Å². The molecule has 1 heterocycles. The molecule has 1 aromatic heterocycles. The lowest BCUT2D eigenvalue weighted by molar-refractivity contribution is 0.251. The fraction of sp³-hybridized carbons (Fsp3) is 0.250. The highest BCUT2D eigenvalue weighted by Crippen LogP contribution is 2.23. The zero-order chi connectivity index (χ0) is 14.8. The molecular weight excluding hydrogens is 286 g/mol. The van der Waals surface area contributed by atoms with Gasteiger partial charge in [-0.05, 0) is 29.0 Å². The highest BCUT2D eigenvalue weighted by Gasteiger charge is 2.08. The lowest BCUT2D eigenvalue weighted by Crippen LogP contribution is -2.26. The van der Waals surface area contributed by atoms with Gasteiger partial charge in [0.25, 0.3) is 0 Å². The SMILES string of the molecule is CCCc1cc(=O)oc2cc(ONS(=O)(=O)O)ccc12. The molecule has 0 unspecified atom stereocenters. The summed E-state index contributed by atoms with van der Waals surface area (Å²) in [5, 5.41) is 0.755. The molecular formula is C12H13NO6S. The minimum atomic E-state index is -4.47. The highest BCUT2D eigenvalue weighted by atomic mass is 32.2. The predicted octanol–water partition coefficient (Wildman–Crippen LogP) is 1.43. The first-order chi connectivity index (χ1) is 9.39. The molecule has 2 aromatic rings. The van der Waals surface area contributed by atoms with Gasteiger partial charge in [0, 0.05) is 17.5 Å². The van der Waals surface area contributed by atoms with Crippen LogP contribution in [-0.2, 0) is 16.7 Å². The van der Waals surface area contributed by atoms with Crippen LogP contribution in [0, 0.1) is 0 Å². The summed E-state index contributed by atoms with van der Waals surface area (Å²) in [6, 6.07) is 5.96. The molecule has 0 aliphatic heterocycles. The molecule has 0 bridgehead atoms. The molecule has 0 aliphatic carbocycles. The van der Waals surface area contributed by atoms with Crippen LogP contribution in [-0.4, -0.2) is 13.0 Å². The minimum absolute atomic E-state index is 0.0897. The Labute approximate surface area is 115 Å². The Morgan fingerprint density at radius 2 is 2.10 bits per heavy atom. The Kier molecular flexibility index (Phi) is 4.07. The fourth-order valence-electron chi connectivity index (χ4n) is 1.85. The lowest BCUT2D eigenvalue weighted by Gasteiger charge is -2.07. The summed E-state index contributed by atoms with van der Waals surface area (Å²) in [6.07, 6.45) is 1.60. The van der Waals surface area contributed by atoms with Gasteiger partial charge in [-0.1, -0.05) is 13.3 Å². The standard InChI is InChI=1S/C12H13NO6S/c1-2-3-8-6-12(14)18-11-7-9(4-5-10(8)11)19-13-20(15,16)17/h4-7,13H,2-3H2,1H3,(H,15,16,17). The van der Waals surface area contributed by atoms with Gasteiger partial charge in [0.2, 0.25) is 0 Å². The molecule has 108 valence electrons. The van der Waals surface area contributed by atoms with Gasteiger partial charge in [-0.3, -0.25) is 4.55 Å². The van der Waals surface area contributed by atoms with Crippen LogP contribution in [0.15, 0.2) is 33.5 Å². The van der Waals surface area contributed by atoms with Crippen molar-refractivity contribution in [3.8, 4) is 5.75 Å². The monoisotopic (exact) mass is 299 g/mol. The van der Waals surface area contributed by atoms with Crippen molar-refractivity contribution in [2.24, 2.45) is 0 Å². The third kappa shape index (κ3) is 3.56. The van der Waals surface area contributed by atoms with E-state index in [1.165, 1.54) is 23.1 Å². The van der Waals surface area contributed by atoms with Crippen LogP contribution in [0.3, 0.4) is 0 Å². The van der Waals surface area contributed by atoms with Crippen LogP contribution < -0.4 is 15.3 Å². The molecule has 0 saturated carbocycles. The van der Waals surface area contributed by atoms with E-state index in [0.29, 0.717) is 0 Å². The molecule has 0 fully saturated rings. The first kappa shape index (κ1) is 14.5. The van der Waals surface area contributed by atoms with Gasteiger partial charge in [0.15, 0.2) is 5.75 Å². The number of nitrogens with one attached hydrogen (secondary N) is 1. The van der Waals surface area contributed by atoms with E-state index in [0.717, 1.165) is 23.8 Å². The zero-order valence-corrected chi connectivity index (χ0v) is 11.4. The quantitative estimate of drug-likeness (QED) is 0.491. The first-order valence-electron chi connectivity index (χ1n) is 5.87. The minimum Gasteiger partial charge on any atom is -0.423 e. The molecule has 8 heteroatoms. The zero-order valence-electron chi connectivity index (χ0n) is 10.6. The van der Waals surface area contributed by atoms with Crippen molar-refractivity contribution in [2.45, 2.75) is 19.8 Å². The van der Waals surface area contributed by atoms with Crippen LogP contribution in [0.25, 0.3) is 11.0 Å². The van der Waals surface area contributed by atoms with E-state index in [9.17, 15) is 13.2 Å². The number of rotatable bonds is 5. The summed E-state index contributed by atoms with van der Waals surface area (Å²) in [7, 11) is -4.47. The van der Waals surface area contributed by atoms with Gasteiger partial charge < -0.3 is 9.25 Å². The summed E-state index contributed by atoms with van der Waals surface area (Å²) >= 11 is 0. The Morgan fingerprint density at radius 3 is 2.75 bits per heavy atom. The van der Waals surface area contributed by atoms with E-state index in [1.54, 1.807) is 6.07 Å². The van der Waals surface area contributed by atoms with Gasteiger partial charge in [0.05, 0.1) is 0 Å². The van der Waals surface area contributed by atoms with E-state index in [-0.39, 0.29) is 11.3 Å². The topological polar surface area (TPSA) is 106 Å². The van der Waals surface area contributed by atoms with E-state index in [2.05, 4.69) is 4.84 Å². The van der Waals surface area contributed by atoms with Crippen LogP contribution >= 0.6 is 0 Å². The molecule has 2 N–H and O–H groups in total. The largest absolute Gasteiger partial charge is 0.423 e. The van der Waals surface area contributed by atoms with Crippen LogP contribution in [0.1, 0.15) is 18.9 Å². The molecule has 0 saturated heterocycles. The van der Waals surface area contributed by atoms with Gasteiger partial charge in [0.1, 0.15) is 5.58 Å². The number of hydrogen-bond acceptors (Lipinski definition) is 5. The van der Waals surface area contributed by atoms with Crippen molar-refractivity contribution >= 4 is 21.3 Å². The van der Waals surface area contributed by atoms with Crippen LogP contribution in [0.4, 0.5) is 0 Å². The molecule has 0 aliphatic rings.